The zero-order chi connectivity index (χ0) is 26.7. The van der Waals surface area contributed by atoms with E-state index in [0.29, 0.717) is 18.3 Å². The van der Waals surface area contributed by atoms with Crippen LogP contribution >= 0.6 is 0 Å². The van der Waals surface area contributed by atoms with Crippen molar-refractivity contribution >= 4 is 5.57 Å². The van der Waals surface area contributed by atoms with Gasteiger partial charge in [0.2, 0.25) is 5.88 Å². The average molecular weight is 507 g/mol. The monoisotopic (exact) mass is 506 g/mol. The molecule has 2 N–H and O–H groups in total. The van der Waals surface area contributed by atoms with Crippen LogP contribution in [-0.4, -0.2) is 24.7 Å². The summed E-state index contributed by atoms with van der Waals surface area (Å²) < 4.78 is 8.15. The number of nitrogens with two attached hydrogens (primary N) is 1. The molecule has 7 heteroatoms. The van der Waals surface area contributed by atoms with Crippen LogP contribution in [0.25, 0.3) is 33.9 Å². The fourth-order valence-corrected chi connectivity index (χ4v) is 4.88. The van der Waals surface area contributed by atoms with E-state index in [2.05, 4.69) is 91.4 Å². The molecule has 0 fully saturated rings. The Morgan fingerprint density at radius 1 is 1.08 bits per heavy atom. The minimum absolute atomic E-state index is 0.292. The summed E-state index contributed by atoms with van der Waals surface area (Å²) in [5.74, 6) is 1.99. The van der Waals surface area contributed by atoms with Crippen molar-refractivity contribution in [1.82, 2.24) is 24.7 Å². The standard InChI is InChI=1S/C31H34N6O/c1-5-9-11-21(6-2)25-18-26-30(34-28(25)22-13-15-24(16-14-22)31(32,7-3)8-4)38-20-27-35-36-29(37(26)27)23-12-10-17-33-19-23/h6,9-19H,5,7-8,20,32H2,1-4H3. The topological polar surface area (TPSA) is 91.7 Å². The second kappa shape index (κ2) is 10.7. The molecule has 0 aliphatic carbocycles. The van der Waals surface area contributed by atoms with Gasteiger partial charge in [0.15, 0.2) is 18.3 Å². The molecular formula is C31H34N6O. The maximum absolute atomic E-state index is 6.68. The van der Waals surface area contributed by atoms with Gasteiger partial charge >= 0.3 is 0 Å². The van der Waals surface area contributed by atoms with Gasteiger partial charge in [-0.3, -0.25) is 9.55 Å². The molecule has 0 unspecified atom stereocenters. The first kappa shape index (κ1) is 25.5. The van der Waals surface area contributed by atoms with E-state index in [4.69, 9.17) is 15.5 Å². The van der Waals surface area contributed by atoms with Gasteiger partial charge in [-0.2, -0.15) is 0 Å². The third kappa shape index (κ3) is 4.54. The molecule has 0 bridgehead atoms. The number of ether oxygens (including phenoxy) is 1. The van der Waals surface area contributed by atoms with Crippen molar-refractivity contribution in [3.05, 3.63) is 90.0 Å². The van der Waals surface area contributed by atoms with Gasteiger partial charge in [0.1, 0.15) is 5.69 Å². The van der Waals surface area contributed by atoms with Crippen LogP contribution in [0.5, 0.6) is 5.88 Å². The summed E-state index contributed by atoms with van der Waals surface area (Å²) in [6.07, 6.45) is 12.7. The zero-order valence-corrected chi connectivity index (χ0v) is 22.5. The molecule has 1 aliphatic heterocycles. The highest BCUT2D eigenvalue weighted by molar-refractivity contribution is 5.85. The normalized spacial score (nSPS) is 13.3. The third-order valence-corrected chi connectivity index (χ3v) is 7.35. The van der Waals surface area contributed by atoms with E-state index in [1.54, 1.807) is 12.4 Å². The summed E-state index contributed by atoms with van der Waals surface area (Å²) in [6.45, 7) is 8.74. The largest absolute Gasteiger partial charge is 0.468 e. The van der Waals surface area contributed by atoms with Crippen molar-refractivity contribution in [3.8, 4) is 34.2 Å². The number of allylic oxidation sites excluding steroid dienone is 4. The summed E-state index contributed by atoms with van der Waals surface area (Å²) in [4.78, 5) is 9.36. The van der Waals surface area contributed by atoms with Crippen molar-refractivity contribution in [2.24, 2.45) is 5.73 Å². The lowest BCUT2D eigenvalue weighted by Crippen LogP contribution is -2.34. The molecule has 4 heterocycles. The van der Waals surface area contributed by atoms with Crippen LogP contribution in [0.2, 0.25) is 0 Å². The number of rotatable bonds is 8. The fourth-order valence-electron chi connectivity index (χ4n) is 4.88. The van der Waals surface area contributed by atoms with E-state index in [1.165, 1.54) is 0 Å². The van der Waals surface area contributed by atoms with Crippen molar-refractivity contribution in [2.45, 2.75) is 59.1 Å². The Bertz CT molecular complexity index is 1480. The van der Waals surface area contributed by atoms with Crippen LogP contribution in [0, 0.1) is 0 Å². The lowest BCUT2D eigenvalue weighted by Gasteiger charge is -2.27. The Labute approximate surface area is 224 Å². The molecule has 7 nitrogen and oxygen atoms in total. The van der Waals surface area contributed by atoms with Crippen LogP contribution in [0.3, 0.4) is 0 Å². The Hall–Kier alpha value is -4.10. The van der Waals surface area contributed by atoms with Gasteiger partial charge in [0.25, 0.3) is 0 Å². The second-order valence-electron chi connectivity index (χ2n) is 9.51. The van der Waals surface area contributed by atoms with E-state index >= 15 is 0 Å². The molecule has 0 radical (unpaired) electrons. The number of hydrogen-bond acceptors (Lipinski definition) is 6. The maximum Gasteiger partial charge on any atom is 0.239 e. The molecule has 194 valence electrons. The summed E-state index contributed by atoms with van der Waals surface area (Å²) in [7, 11) is 0. The van der Waals surface area contributed by atoms with E-state index in [-0.39, 0.29) is 5.54 Å². The molecule has 0 atom stereocenters. The van der Waals surface area contributed by atoms with Crippen molar-refractivity contribution in [3.63, 3.8) is 0 Å². The van der Waals surface area contributed by atoms with Crippen molar-refractivity contribution in [1.29, 1.82) is 0 Å². The maximum atomic E-state index is 6.68. The predicted octanol–water partition coefficient (Wildman–Crippen LogP) is 6.63. The highest BCUT2D eigenvalue weighted by Crippen LogP contribution is 2.39. The Kier molecular flexibility index (Phi) is 7.20. The molecule has 0 amide bonds. The first-order valence-electron chi connectivity index (χ1n) is 13.3. The number of hydrogen-bond donors (Lipinski definition) is 1. The Morgan fingerprint density at radius 2 is 1.87 bits per heavy atom. The van der Waals surface area contributed by atoms with Gasteiger partial charge < -0.3 is 10.5 Å². The minimum Gasteiger partial charge on any atom is -0.468 e. The summed E-state index contributed by atoms with van der Waals surface area (Å²) in [6, 6.07) is 14.5. The molecule has 0 spiro atoms. The number of aromatic nitrogens is 5. The summed E-state index contributed by atoms with van der Waals surface area (Å²) >= 11 is 0. The van der Waals surface area contributed by atoms with Gasteiger partial charge in [0.05, 0.1) is 5.69 Å². The highest BCUT2D eigenvalue weighted by atomic mass is 16.5. The SMILES string of the molecule is CC=C(C=CCC)c1cc2c(nc1-c1ccc(C(N)(CC)CC)cc1)OCc1nnc(-c3cccnc3)n1-2. The molecule has 4 aromatic rings. The summed E-state index contributed by atoms with van der Waals surface area (Å²) in [5.41, 5.74) is 13.1. The van der Waals surface area contributed by atoms with E-state index in [1.807, 2.05) is 16.7 Å². The van der Waals surface area contributed by atoms with E-state index in [0.717, 1.165) is 64.3 Å². The van der Waals surface area contributed by atoms with Gasteiger partial charge in [-0.05, 0) is 55.5 Å². The summed E-state index contributed by atoms with van der Waals surface area (Å²) in [5, 5.41) is 8.86. The quantitative estimate of drug-likeness (QED) is 0.270. The predicted molar refractivity (Wildman–Crippen MR) is 152 cm³/mol. The van der Waals surface area contributed by atoms with Crippen LogP contribution < -0.4 is 10.5 Å². The number of benzene rings is 1. The van der Waals surface area contributed by atoms with Gasteiger partial charge in [-0.1, -0.05) is 63.3 Å². The van der Waals surface area contributed by atoms with Crippen molar-refractivity contribution in [2.75, 3.05) is 0 Å². The second-order valence-corrected chi connectivity index (χ2v) is 9.51. The first-order valence-corrected chi connectivity index (χ1v) is 13.3. The highest BCUT2D eigenvalue weighted by Gasteiger charge is 2.28. The minimum atomic E-state index is -0.334. The molecule has 3 aromatic heterocycles. The van der Waals surface area contributed by atoms with Gasteiger partial charge in [-0.15, -0.1) is 10.2 Å². The number of nitrogens with zero attached hydrogens (tertiary/aromatic N) is 5. The zero-order valence-electron chi connectivity index (χ0n) is 22.5. The van der Waals surface area contributed by atoms with Crippen molar-refractivity contribution < 1.29 is 4.74 Å². The molecule has 0 saturated carbocycles. The molecule has 1 aromatic carbocycles. The van der Waals surface area contributed by atoms with E-state index < -0.39 is 0 Å². The van der Waals surface area contributed by atoms with Crippen LogP contribution in [-0.2, 0) is 12.1 Å². The first-order chi connectivity index (χ1) is 18.5. The van der Waals surface area contributed by atoms with Gasteiger partial charge in [0, 0.05) is 34.6 Å². The lowest BCUT2D eigenvalue weighted by atomic mass is 9.85. The van der Waals surface area contributed by atoms with Gasteiger partial charge in [-0.25, -0.2) is 4.98 Å². The fraction of sp³-hybridized carbons (Fsp3) is 0.290. The molecular weight excluding hydrogens is 472 g/mol. The number of pyridine rings is 2. The van der Waals surface area contributed by atoms with Crippen LogP contribution in [0.4, 0.5) is 0 Å². The lowest BCUT2D eigenvalue weighted by molar-refractivity contribution is 0.268. The average Bonchev–Trinajstić information content (AvgIpc) is 3.42. The molecule has 5 rings (SSSR count). The van der Waals surface area contributed by atoms with Crippen LogP contribution in [0.1, 0.15) is 63.9 Å². The van der Waals surface area contributed by atoms with Crippen LogP contribution in [0.15, 0.2) is 73.1 Å². The number of fused-ring (bicyclic) bond motifs is 3. The Morgan fingerprint density at radius 3 is 2.53 bits per heavy atom. The molecule has 0 saturated heterocycles. The smallest absolute Gasteiger partial charge is 0.239 e. The molecule has 38 heavy (non-hydrogen) atoms. The Balaban J connectivity index is 1.69. The third-order valence-electron chi connectivity index (χ3n) is 7.35. The van der Waals surface area contributed by atoms with E-state index in [9.17, 15) is 0 Å². The molecule has 1 aliphatic rings.